The molecule has 2 heteroatoms. The van der Waals surface area contributed by atoms with Crippen LogP contribution in [-0.2, 0) is 6.42 Å². The molecule has 2 aromatic rings. The van der Waals surface area contributed by atoms with Crippen LogP contribution in [0, 0.1) is 6.08 Å². The highest BCUT2D eigenvalue weighted by molar-refractivity contribution is 5.91. The van der Waals surface area contributed by atoms with Gasteiger partial charge in [-0.25, -0.2) is 4.79 Å². The van der Waals surface area contributed by atoms with E-state index in [-0.39, 0.29) is 5.97 Å². The van der Waals surface area contributed by atoms with Gasteiger partial charge in [-0.05, 0) is 54.3 Å². The van der Waals surface area contributed by atoms with Gasteiger partial charge in [0.2, 0.25) is 0 Å². The first-order valence-corrected chi connectivity index (χ1v) is 6.30. The summed E-state index contributed by atoms with van der Waals surface area (Å²) in [5.74, 6) is 0.279. The van der Waals surface area contributed by atoms with Gasteiger partial charge in [0.1, 0.15) is 5.75 Å². The molecule has 0 saturated heterocycles. The lowest BCUT2D eigenvalue weighted by Gasteiger charge is -2.11. The fourth-order valence-corrected chi connectivity index (χ4v) is 2.13. The Bertz CT molecular complexity index is 627. The number of aryl methyl sites for hydroxylation is 1. The number of esters is 1. The summed E-state index contributed by atoms with van der Waals surface area (Å²) in [6, 6.07) is 14.7. The van der Waals surface area contributed by atoms with Gasteiger partial charge >= 0.3 is 5.97 Å². The summed E-state index contributed by atoms with van der Waals surface area (Å²) in [7, 11) is 0. The van der Waals surface area contributed by atoms with E-state index in [1.165, 1.54) is 5.56 Å². The fourth-order valence-electron chi connectivity index (χ4n) is 2.13. The first kappa shape index (κ1) is 11.7. The number of hydrogen-bond acceptors (Lipinski definition) is 2. The fraction of sp³-hybridized carbons (Fsp3) is 0.118. The average molecular weight is 249 g/mol. The third-order valence-electron chi connectivity index (χ3n) is 3.13. The Kier molecular flexibility index (Phi) is 3.15. The van der Waals surface area contributed by atoms with E-state index in [9.17, 15) is 4.79 Å². The second-order valence-electron chi connectivity index (χ2n) is 4.46. The molecule has 2 aromatic carbocycles. The zero-order chi connectivity index (χ0) is 13.1. The molecule has 19 heavy (non-hydrogen) atoms. The number of ether oxygens (including phenoxy) is 1. The minimum Gasteiger partial charge on any atom is -0.423 e. The molecule has 0 spiro atoms. The van der Waals surface area contributed by atoms with E-state index in [1.807, 2.05) is 42.5 Å². The van der Waals surface area contributed by atoms with Gasteiger partial charge in [0.25, 0.3) is 0 Å². The number of rotatable bonds is 2. The van der Waals surface area contributed by atoms with Crippen molar-refractivity contribution in [1.82, 2.24) is 0 Å². The Balaban J connectivity index is 1.81. The molecule has 0 N–H and O–H groups in total. The highest BCUT2D eigenvalue weighted by atomic mass is 16.5. The van der Waals surface area contributed by atoms with Gasteiger partial charge in [-0.1, -0.05) is 30.3 Å². The normalized spacial score (nSPS) is 12.8. The minimum absolute atomic E-state index is 0.321. The summed E-state index contributed by atoms with van der Waals surface area (Å²) < 4.78 is 5.39. The molecule has 0 amide bonds. The monoisotopic (exact) mass is 249 g/mol. The molecule has 0 aromatic heterocycles. The third kappa shape index (κ3) is 2.58. The maximum absolute atomic E-state index is 11.9. The summed E-state index contributed by atoms with van der Waals surface area (Å²) in [4.78, 5) is 11.9. The summed E-state index contributed by atoms with van der Waals surface area (Å²) in [5, 5.41) is 0. The van der Waals surface area contributed by atoms with Crippen LogP contribution in [0.25, 0.3) is 6.08 Å². The number of allylic oxidation sites excluding steroid dienone is 1. The molecule has 0 aliphatic heterocycles. The maximum atomic E-state index is 11.9. The van der Waals surface area contributed by atoms with E-state index >= 15 is 0 Å². The van der Waals surface area contributed by atoms with Crippen molar-refractivity contribution in [2.45, 2.75) is 12.8 Å². The van der Waals surface area contributed by atoms with Gasteiger partial charge in [-0.2, -0.15) is 0 Å². The van der Waals surface area contributed by atoms with Crippen LogP contribution in [0.1, 0.15) is 27.9 Å². The van der Waals surface area contributed by atoms with E-state index in [2.05, 4.69) is 6.08 Å². The lowest BCUT2D eigenvalue weighted by atomic mass is 9.97. The quantitative estimate of drug-likeness (QED) is 0.599. The molecular weight excluding hydrogens is 236 g/mol. The molecule has 93 valence electrons. The highest BCUT2D eigenvalue weighted by Crippen LogP contribution is 2.24. The summed E-state index contributed by atoms with van der Waals surface area (Å²) in [6.45, 7) is 0. The molecule has 0 bridgehead atoms. The first-order valence-electron chi connectivity index (χ1n) is 6.30. The second-order valence-corrected chi connectivity index (χ2v) is 4.46. The highest BCUT2D eigenvalue weighted by Gasteiger charge is 2.10. The zero-order valence-corrected chi connectivity index (χ0v) is 10.4. The molecular formula is C17H13O2. The molecule has 0 unspecified atom stereocenters. The number of carbonyl (C=O) groups excluding carboxylic acids is 1. The molecule has 2 nitrogen and oxygen atoms in total. The Labute approximate surface area is 112 Å². The van der Waals surface area contributed by atoms with Crippen molar-refractivity contribution in [1.29, 1.82) is 0 Å². The summed E-state index contributed by atoms with van der Waals surface area (Å²) in [6.07, 6.45) is 7.05. The Morgan fingerprint density at radius 1 is 1.11 bits per heavy atom. The number of hydrogen-bond donors (Lipinski definition) is 0. The van der Waals surface area contributed by atoms with Crippen LogP contribution in [0.5, 0.6) is 5.75 Å². The van der Waals surface area contributed by atoms with Gasteiger partial charge in [0.05, 0.1) is 5.56 Å². The Morgan fingerprint density at radius 2 is 1.95 bits per heavy atom. The van der Waals surface area contributed by atoms with Crippen LogP contribution in [0.2, 0.25) is 0 Å². The second kappa shape index (κ2) is 5.11. The first-order chi connectivity index (χ1) is 9.33. The van der Waals surface area contributed by atoms with Crippen molar-refractivity contribution < 1.29 is 9.53 Å². The zero-order valence-electron chi connectivity index (χ0n) is 10.4. The lowest BCUT2D eigenvalue weighted by Crippen LogP contribution is -2.08. The molecule has 3 rings (SSSR count). The van der Waals surface area contributed by atoms with E-state index in [1.54, 1.807) is 12.1 Å². The lowest BCUT2D eigenvalue weighted by molar-refractivity contribution is 0.0734. The summed E-state index contributed by atoms with van der Waals surface area (Å²) in [5.41, 5.74) is 2.93. The van der Waals surface area contributed by atoms with Gasteiger partial charge < -0.3 is 4.74 Å². The standard InChI is InChI=1S/C17H13O2/c18-17(14-7-2-1-3-8-14)19-16-11-10-13-6-4-5-9-15(13)12-16/h1-3,6-8,10-12H,5,9H2. The maximum Gasteiger partial charge on any atom is 0.343 e. The van der Waals surface area contributed by atoms with Crippen LogP contribution in [0.15, 0.2) is 48.5 Å². The topological polar surface area (TPSA) is 26.3 Å². The Hall–Kier alpha value is -2.35. The van der Waals surface area contributed by atoms with Gasteiger partial charge in [-0.15, -0.1) is 0 Å². The molecule has 0 heterocycles. The van der Waals surface area contributed by atoms with Gasteiger partial charge in [0, 0.05) is 0 Å². The molecule has 1 aliphatic rings. The van der Waals surface area contributed by atoms with Crippen molar-refractivity contribution in [3.05, 3.63) is 71.3 Å². The Morgan fingerprint density at radius 3 is 2.79 bits per heavy atom. The third-order valence-corrected chi connectivity index (χ3v) is 3.13. The van der Waals surface area contributed by atoms with Gasteiger partial charge in [0.15, 0.2) is 0 Å². The van der Waals surface area contributed by atoms with Crippen LogP contribution in [-0.4, -0.2) is 5.97 Å². The van der Waals surface area contributed by atoms with Crippen molar-refractivity contribution in [3.63, 3.8) is 0 Å². The van der Waals surface area contributed by atoms with E-state index in [0.717, 1.165) is 18.4 Å². The van der Waals surface area contributed by atoms with Crippen molar-refractivity contribution in [2.75, 3.05) is 0 Å². The molecule has 0 fully saturated rings. The van der Waals surface area contributed by atoms with Crippen LogP contribution in [0.3, 0.4) is 0 Å². The summed E-state index contributed by atoms with van der Waals surface area (Å²) >= 11 is 0. The van der Waals surface area contributed by atoms with Crippen molar-refractivity contribution in [2.24, 2.45) is 0 Å². The predicted octanol–water partition coefficient (Wildman–Crippen LogP) is 3.67. The largest absolute Gasteiger partial charge is 0.423 e. The molecule has 0 saturated carbocycles. The minimum atomic E-state index is -0.321. The molecule has 0 atom stereocenters. The molecule has 1 aliphatic carbocycles. The number of benzene rings is 2. The van der Waals surface area contributed by atoms with Gasteiger partial charge in [-0.3, -0.25) is 0 Å². The van der Waals surface area contributed by atoms with Crippen molar-refractivity contribution in [3.8, 4) is 5.75 Å². The van der Waals surface area contributed by atoms with Crippen LogP contribution in [0.4, 0.5) is 0 Å². The predicted molar refractivity (Wildman–Crippen MR) is 73.9 cm³/mol. The smallest absolute Gasteiger partial charge is 0.343 e. The number of carbonyl (C=O) groups is 1. The average Bonchev–Trinajstić information content (AvgIpc) is 2.48. The van der Waals surface area contributed by atoms with E-state index in [4.69, 9.17) is 4.74 Å². The van der Waals surface area contributed by atoms with E-state index in [0.29, 0.717) is 11.3 Å². The molecule has 1 radical (unpaired) electrons. The van der Waals surface area contributed by atoms with E-state index < -0.39 is 0 Å². The SMILES string of the molecule is O=C(Oc1ccc2c(c1)CC[C]=C2)c1ccccc1. The van der Waals surface area contributed by atoms with Crippen LogP contribution >= 0.6 is 0 Å². The van der Waals surface area contributed by atoms with Crippen molar-refractivity contribution >= 4 is 12.0 Å². The van der Waals surface area contributed by atoms with Crippen LogP contribution < -0.4 is 4.74 Å². The number of fused-ring (bicyclic) bond motifs is 1.